The van der Waals surface area contributed by atoms with Crippen LogP contribution in [0, 0.1) is 11.3 Å². The predicted molar refractivity (Wildman–Crippen MR) is 159 cm³/mol. The standard InChI is InChI=1S/C33H34N4O5/c1-19(38)37(2)33(39)22-6-8-25(29(15-22)40-3)30-16-28-32(42-30)31(26(18-35-28)20-4-5-20)21-7-9-27(23(14-21)17-34)36-24-10-12-41-13-11-24/h6-9,14-16,18-20,24,36,38H,4-5,10-13H2,1-3H3. The Balaban J connectivity index is 1.41. The van der Waals surface area contributed by atoms with Crippen LogP contribution in [0.1, 0.15) is 60.0 Å². The number of amides is 1. The van der Waals surface area contributed by atoms with Crippen molar-refractivity contribution in [1.82, 2.24) is 9.88 Å². The predicted octanol–water partition coefficient (Wildman–Crippen LogP) is 5.92. The molecule has 2 aromatic carbocycles. The number of aliphatic hydroxyl groups excluding tert-OH is 1. The van der Waals surface area contributed by atoms with E-state index in [1.54, 1.807) is 32.4 Å². The first-order valence-corrected chi connectivity index (χ1v) is 14.3. The number of furan rings is 1. The van der Waals surface area contributed by atoms with E-state index in [0.717, 1.165) is 61.3 Å². The van der Waals surface area contributed by atoms with Crippen LogP contribution >= 0.6 is 0 Å². The van der Waals surface area contributed by atoms with E-state index in [-0.39, 0.29) is 11.9 Å². The third-order valence-electron chi connectivity index (χ3n) is 8.19. The summed E-state index contributed by atoms with van der Waals surface area (Å²) in [6.07, 6.45) is 5.01. The lowest BCUT2D eigenvalue weighted by atomic mass is 9.95. The van der Waals surface area contributed by atoms with Gasteiger partial charge in [0.1, 0.15) is 29.3 Å². The number of aliphatic hydroxyl groups is 1. The smallest absolute Gasteiger partial charge is 0.255 e. The molecule has 4 aromatic rings. The first-order valence-electron chi connectivity index (χ1n) is 14.3. The molecular weight excluding hydrogens is 532 g/mol. The molecule has 1 atom stereocenters. The average Bonchev–Trinajstić information content (AvgIpc) is 3.78. The molecule has 2 fully saturated rings. The van der Waals surface area contributed by atoms with Crippen molar-refractivity contribution in [3.63, 3.8) is 0 Å². The van der Waals surface area contributed by atoms with Crippen molar-refractivity contribution >= 4 is 22.7 Å². The third kappa shape index (κ3) is 5.31. The van der Waals surface area contributed by atoms with Gasteiger partial charge < -0.3 is 29.2 Å². The van der Waals surface area contributed by atoms with E-state index in [2.05, 4.69) is 11.4 Å². The Morgan fingerprint density at radius 1 is 1.17 bits per heavy atom. The molecule has 0 spiro atoms. The Morgan fingerprint density at radius 3 is 2.64 bits per heavy atom. The van der Waals surface area contributed by atoms with Crippen molar-refractivity contribution in [1.29, 1.82) is 5.26 Å². The lowest BCUT2D eigenvalue weighted by molar-refractivity contribution is 0.0293. The van der Waals surface area contributed by atoms with Crippen LogP contribution in [-0.4, -0.2) is 60.5 Å². The van der Waals surface area contributed by atoms with Gasteiger partial charge >= 0.3 is 0 Å². The van der Waals surface area contributed by atoms with E-state index in [4.69, 9.17) is 18.9 Å². The van der Waals surface area contributed by atoms with Crippen molar-refractivity contribution in [3.05, 3.63) is 65.4 Å². The number of benzene rings is 2. The van der Waals surface area contributed by atoms with Crippen molar-refractivity contribution in [3.8, 4) is 34.3 Å². The summed E-state index contributed by atoms with van der Waals surface area (Å²) in [5.41, 5.74) is 6.81. The number of aromatic nitrogens is 1. The summed E-state index contributed by atoms with van der Waals surface area (Å²) < 4.78 is 17.7. The molecule has 42 heavy (non-hydrogen) atoms. The fraction of sp³-hybridized carbons (Fsp3) is 0.364. The van der Waals surface area contributed by atoms with Gasteiger partial charge in [0.25, 0.3) is 5.91 Å². The number of nitriles is 1. The number of hydrogen-bond acceptors (Lipinski definition) is 8. The van der Waals surface area contributed by atoms with Crippen LogP contribution in [0.3, 0.4) is 0 Å². The van der Waals surface area contributed by atoms with Gasteiger partial charge in [0.15, 0.2) is 5.58 Å². The monoisotopic (exact) mass is 566 g/mol. The lowest BCUT2D eigenvalue weighted by Gasteiger charge is -2.24. The normalized spacial score (nSPS) is 16.2. The van der Waals surface area contributed by atoms with E-state index >= 15 is 0 Å². The first-order chi connectivity index (χ1) is 20.4. The minimum atomic E-state index is -0.919. The molecule has 3 heterocycles. The molecule has 2 aliphatic rings. The molecule has 0 radical (unpaired) electrons. The van der Waals surface area contributed by atoms with Gasteiger partial charge in [-0.05, 0) is 80.0 Å². The van der Waals surface area contributed by atoms with Crippen LogP contribution in [0.15, 0.2) is 53.1 Å². The van der Waals surface area contributed by atoms with Gasteiger partial charge in [0.2, 0.25) is 0 Å². The first kappa shape index (κ1) is 27.8. The number of carbonyl (C=O) groups is 1. The van der Waals surface area contributed by atoms with E-state index in [0.29, 0.717) is 45.2 Å². The SMILES string of the molecule is COc1cc(C(=O)N(C)C(C)O)ccc1-c1cc2ncc(C3CC3)c(-c3ccc(NC4CCOCC4)c(C#N)c3)c2o1. The molecule has 1 saturated carbocycles. The molecular formula is C33H34N4O5. The van der Waals surface area contributed by atoms with Crippen LogP contribution in [0.25, 0.3) is 33.6 Å². The highest BCUT2D eigenvalue weighted by molar-refractivity contribution is 5.97. The van der Waals surface area contributed by atoms with Gasteiger partial charge in [-0.1, -0.05) is 6.07 Å². The molecule has 1 amide bonds. The Labute approximate surface area is 244 Å². The fourth-order valence-corrected chi connectivity index (χ4v) is 5.51. The van der Waals surface area contributed by atoms with Crippen LogP contribution in [0.4, 0.5) is 5.69 Å². The van der Waals surface area contributed by atoms with Crippen molar-refractivity contribution in [2.75, 3.05) is 32.7 Å². The van der Waals surface area contributed by atoms with Crippen LogP contribution in [-0.2, 0) is 4.74 Å². The second-order valence-corrected chi connectivity index (χ2v) is 11.1. The van der Waals surface area contributed by atoms with E-state index in [9.17, 15) is 15.2 Å². The molecule has 1 saturated heterocycles. The zero-order chi connectivity index (χ0) is 29.4. The zero-order valence-electron chi connectivity index (χ0n) is 24.0. The number of anilines is 1. The highest BCUT2D eigenvalue weighted by Gasteiger charge is 2.30. The number of fused-ring (bicyclic) bond motifs is 1. The Kier molecular flexibility index (Phi) is 7.58. The van der Waals surface area contributed by atoms with Crippen LogP contribution in [0.5, 0.6) is 5.75 Å². The minimum absolute atomic E-state index is 0.281. The summed E-state index contributed by atoms with van der Waals surface area (Å²) in [5.74, 6) is 1.12. The number of carbonyl (C=O) groups excluding carboxylic acids is 1. The molecule has 1 aliphatic carbocycles. The van der Waals surface area contributed by atoms with Crippen molar-refractivity contribution in [2.45, 2.75) is 50.8 Å². The molecule has 9 nitrogen and oxygen atoms in total. The van der Waals surface area contributed by atoms with E-state index in [1.807, 2.05) is 30.5 Å². The topological polar surface area (TPSA) is 121 Å². The second-order valence-electron chi connectivity index (χ2n) is 11.1. The lowest BCUT2D eigenvalue weighted by Crippen LogP contribution is -2.34. The highest BCUT2D eigenvalue weighted by atomic mass is 16.5. The maximum Gasteiger partial charge on any atom is 0.255 e. The summed E-state index contributed by atoms with van der Waals surface area (Å²) in [4.78, 5) is 18.8. The van der Waals surface area contributed by atoms with Crippen molar-refractivity contribution in [2.24, 2.45) is 0 Å². The molecule has 1 aliphatic heterocycles. The number of methoxy groups -OCH3 is 1. The molecule has 9 heteroatoms. The third-order valence-corrected chi connectivity index (χ3v) is 8.19. The Morgan fingerprint density at radius 2 is 1.95 bits per heavy atom. The van der Waals surface area contributed by atoms with Gasteiger partial charge in [-0.2, -0.15) is 5.26 Å². The quantitative estimate of drug-likeness (QED) is 0.252. The van der Waals surface area contributed by atoms with E-state index < -0.39 is 6.23 Å². The van der Waals surface area contributed by atoms with E-state index in [1.165, 1.54) is 11.8 Å². The number of rotatable bonds is 8. The van der Waals surface area contributed by atoms with Gasteiger partial charge in [0, 0.05) is 49.7 Å². The summed E-state index contributed by atoms with van der Waals surface area (Å²) in [6, 6.07) is 15.6. The van der Waals surface area contributed by atoms with Gasteiger partial charge in [-0.3, -0.25) is 9.78 Å². The number of nitrogens with zero attached hydrogens (tertiary/aromatic N) is 3. The molecule has 0 bridgehead atoms. The molecule has 1 unspecified atom stereocenters. The average molecular weight is 567 g/mol. The fourth-order valence-electron chi connectivity index (χ4n) is 5.51. The number of pyridine rings is 1. The molecule has 2 aromatic heterocycles. The summed E-state index contributed by atoms with van der Waals surface area (Å²) in [5, 5.41) is 23.4. The van der Waals surface area contributed by atoms with Crippen LogP contribution < -0.4 is 10.1 Å². The van der Waals surface area contributed by atoms with Gasteiger partial charge in [0.05, 0.1) is 23.9 Å². The second kappa shape index (κ2) is 11.5. The molecule has 216 valence electrons. The molecule has 6 rings (SSSR count). The minimum Gasteiger partial charge on any atom is -0.496 e. The largest absolute Gasteiger partial charge is 0.496 e. The summed E-state index contributed by atoms with van der Waals surface area (Å²) in [6.45, 7) is 2.98. The maximum absolute atomic E-state index is 12.8. The Hall–Kier alpha value is -4.39. The summed E-state index contributed by atoms with van der Waals surface area (Å²) in [7, 11) is 3.09. The Bertz CT molecular complexity index is 1680. The van der Waals surface area contributed by atoms with Gasteiger partial charge in [-0.15, -0.1) is 0 Å². The number of hydrogen-bond donors (Lipinski definition) is 2. The zero-order valence-corrected chi connectivity index (χ0v) is 24.0. The number of ether oxygens (including phenoxy) is 2. The summed E-state index contributed by atoms with van der Waals surface area (Å²) >= 11 is 0. The molecule has 2 N–H and O–H groups in total. The maximum atomic E-state index is 12.8. The van der Waals surface area contributed by atoms with Gasteiger partial charge in [-0.25, -0.2) is 0 Å². The van der Waals surface area contributed by atoms with Crippen LogP contribution in [0.2, 0.25) is 0 Å². The highest BCUT2D eigenvalue weighted by Crippen LogP contribution is 2.48. The van der Waals surface area contributed by atoms with Crippen molar-refractivity contribution < 1.29 is 23.8 Å². The number of nitrogens with one attached hydrogen (secondary N) is 1.